The predicted molar refractivity (Wildman–Crippen MR) is 68.3 cm³/mol. The molecule has 2 aromatic rings. The molecule has 4 heteroatoms. The molecule has 0 bridgehead atoms. The number of aryl methyl sites for hydroxylation is 1. The van der Waals surface area contributed by atoms with Crippen LogP contribution in [0.4, 0.5) is 0 Å². The number of rotatable bonds is 4. The molecule has 0 fully saturated rings. The number of aromatic nitrogens is 1. The second kappa shape index (κ2) is 5.29. The van der Waals surface area contributed by atoms with Gasteiger partial charge in [-0.3, -0.25) is 0 Å². The maximum absolute atomic E-state index is 9.61. The lowest BCUT2D eigenvalue weighted by atomic mass is 10.1. The fraction of sp³-hybridized carbons (Fsp3) is 0.308. The molecule has 1 aromatic heterocycles. The highest BCUT2D eigenvalue weighted by Crippen LogP contribution is 2.25. The van der Waals surface area contributed by atoms with Crippen molar-refractivity contribution in [3.63, 3.8) is 0 Å². The summed E-state index contributed by atoms with van der Waals surface area (Å²) in [6, 6.07) is 7.52. The van der Waals surface area contributed by atoms with Gasteiger partial charge in [0.25, 0.3) is 0 Å². The van der Waals surface area contributed by atoms with Crippen LogP contribution in [0.3, 0.4) is 0 Å². The Morgan fingerprint density at radius 2 is 2.18 bits per heavy atom. The monoisotopic (exact) mass is 249 g/mol. The smallest absolute Gasteiger partial charge is 0.131 e. The minimum absolute atomic E-state index is 0.439. The van der Waals surface area contributed by atoms with Crippen molar-refractivity contribution in [2.24, 2.45) is 0 Å². The molecule has 0 aliphatic heterocycles. The van der Waals surface area contributed by atoms with E-state index in [1.54, 1.807) is 18.3 Å². The summed E-state index contributed by atoms with van der Waals surface area (Å²) in [5.74, 6) is 0.716. The lowest BCUT2D eigenvalue weighted by Crippen LogP contribution is -2.01. The van der Waals surface area contributed by atoms with Crippen molar-refractivity contribution >= 4 is 11.3 Å². The number of thiazole rings is 1. The minimum Gasteiger partial charge on any atom is -0.487 e. The summed E-state index contributed by atoms with van der Waals surface area (Å²) in [6.45, 7) is 4.14. The van der Waals surface area contributed by atoms with Crippen molar-refractivity contribution in [2.45, 2.75) is 26.6 Å². The van der Waals surface area contributed by atoms with E-state index >= 15 is 0 Å². The molecule has 0 amide bonds. The van der Waals surface area contributed by atoms with Gasteiger partial charge in [-0.15, -0.1) is 11.3 Å². The molecular formula is C13H15NO2S. The molecule has 1 N–H and O–H groups in total. The van der Waals surface area contributed by atoms with E-state index in [-0.39, 0.29) is 0 Å². The van der Waals surface area contributed by atoms with Gasteiger partial charge in [-0.05, 0) is 19.9 Å². The molecule has 0 aliphatic carbocycles. The number of aliphatic hydroxyl groups is 1. The Bertz CT molecular complexity index is 494. The van der Waals surface area contributed by atoms with E-state index in [0.717, 1.165) is 16.3 Å². The highest BCUT2D eigenvalue weighted by atomic mass is 32.1. The van der Waals surface area contributed by atoms with E-state index < -0.39 is 6.10 Å². The van der Waals surface area contributed by atoms with Gasteiger partial charge in [0.2, 0.25) is 0 Å². The van der Waals surface area contributed by atoms with Crippen molar-refractivity contribution in [3.05, 3.63) is 45.9 Å². The SMILES string of the molecule is Cc1nc(COc2ccccc2[C@H](C)O)cs1. The first-order valence-electron chi connectivity index (χ1n) is 5.47. The third kappa shape index (κ3) is 3.05. The van der Waals surface area contributed by atoms with Gasteiger partial charge in [0.1, 0.15) is 12.4 Å². The van der Waals surface area contributed by atoms with E-state index in [4.69, 9.17) is 4.74 Å². The quantitative estimate of drug-likeness (QED) is 0.905. The first-order chi connectivity index (χ1) is 8.16. The van der Waals surface area contributed by atoms with E-state index in [1.165, 1.54) is 0 Å². The van der Waals surface area contributed by atoms with Gasteiger partial charge in [0.15, 0.2) is 0 Å². The van der Waals surface area contributed by atoms with Gasteiger partial charge in [-0.1, -0.05) is 18.2 Å². The average Bonchev–Trinajstić information content (AvgIpc) is 2.73. The molecule has 0 saturated heterocycles. The van der Waals surface area contributed by atoms with Crippen molar-refractivity contribution in [3.8, 4) is 5.75 Å². The van der Waals surface area contributed by atoms with Gasteiger partial charge in [0, 0.05) is 10.9 Å². The predicted octanol–water partition coefficient (Wildman–Crippen LogP) is 3.08. The van der Waals surface area contributed by atoms with Crippen molar-refractivity contribution in [1.29, 1.82) is 0 Å². The zero-order valence-electron chi connectivity index (χ0n) is 9.88. The van der Waals surface area contributed by atoms with Crippen LogP contribution in [0.15, 0.2) is 29.6 Å². The molecule has 2 rings (SSSR count). The van der Waals surface area contributed by atoms with Crippen LogP contribution in [0.25, 0.3) is 0 Å². The zero-order valence-corrected chi connectivity index (χ0v) is 10.7. The topological polar surface area (TPSA) is 42.4 Å². The molecule has 0 aliphatic rings. The standard InChI is InChI=1S/C13H15NO2S/c1-9(15)12-5-3-4-6-13(12)16-7-11-8-17-10(2)14-11/h3-6,8-9,15H,7H2,1-2H3/t9-/m0/s1. The van der Waals surface area contributed by atoms with Crippen LogP contribution in [-0.4, -0.2) is 10.1 Å². The van der Waals surface area contributed by atoms with E-state index in [0.29, 0.717) is 12.4 Å². The average molecular weight is 249 g/mol. The Balaban J connectivity index is 2.08. The van der Waals surface area contributed by atoms with Gasteiger partial charge in [0.05, 0.1) is 16.8 Å². The molecule has 17 heavy (non-hydrogen) atoms. The summed E-state index contributed by atoms with van der Waals surface area (Å²) >= 11 is 1.61. The highest BCUT2D eigenvalue weighted by molar-refractivity contribution is 7.09. The summed E-state index contributed by atoms with van der Waals surface area (Å²) in [7, 11) is 0. The normalized spacial score (nSPS) is 12.4. The molecular weight excluding hydrogens is 234 g/mol. The number of aliphatic hydroxyl groups excluding tert-OH is 1. The number of para-hydroxylation sites is 1. The lowest BCUT2D eigenvalue weighted by Gasteiger charge is -2.12. The summed E-state index contributed by atoms with van der Waals surface area (Å²) in [4.78, 5) is 4.33. The first kappa shape index (κ1) is 12.1. The van der Waals surface area contributed by atoms with Gasteiger partial charge < -0.3 is 9.84 Å². The van der Waals surface area contributed by atoms with Crippen molar-refractivity contribution in [1.82, 2.24) is 4.98 Å². The second-order valence-electron chi connectivity index (χ2n) is 3.86. The minimum atomic E-state index is -0.525. The summed E-state index contributed by atoms with van der Waals surface area (Å²) < 4.78 is 5.68. The number of benzene rings is 1. The Labute approximate surface area is 105 Å². The molecule has 0 radical (unpaired) electrons. The number of nitrogens with zero attached hydrogens (tertiary/aromatic N) is 1. The van der Waals surface area contributed by atoms with Gasteiger partial charge >= 0.3 is 0 Å². The second-order valence-corrected chi connectivity index (χ2v) is 4.92. The molecule has 0 spiro atoms. The van der Waals surface area contributed by atoms with Gasteiger partial charge in [-0.2, -0.15) is 0 Å². The van der Waals surface area contributed by atoms with Gasteiger partial charge in [-0.25, -0.2) is 4.98 Å². The van der Waals surface area contributed by atoms with E-state index in [9.17, 15) is 5.11 Å². The number of hydrogen-bond donors (Lipinski definition) is 1. The van der Waals surface area contributed by atoms with Crippen LogP contribution in [0.2, 0.25) is 0 Å². The molecule has 0 saturated carbocycles. The summed E-state index contributed by atoms with van der Waals surface area (Å²) in [5, 5.41) is 12.6. The van der Waals surface area contributed by atoms with Crippen molar-refractivity contribution in [2.75, 3.05) is 0 Å². The Morgan fingerprint density at radius 3 is 2.82 bits per heavy atom. The lowest BCUT2D eigenvalue weighted by molar-refractivity contribution is 0.190. The van der Waals surface area contributed by atoms with Crippen LogP contribution in [0.5, 0.6) is 5.75 Å². The Morgan fingerprint density at radius 1 is 1.41 bits per heavy atom. The van der Waals surface area contributed by atoms with Crippen LogP contribution < -0.4 is 4.74 Å². The summed E-state index contributed by atoms with van der Waals surface area (Å²) in [5.41, 5.74) is 1.73. The Hall–Kier alpha value is -1.39. The molecule has 1 heterocycles. The summed E-state index contributed by atoms with van der Waals surface area (Å²) in [6.07, 6.45) is -0.525. The molecule has 1 atom stereocenters. The third-order valence-corrected chi connectivity index (χ3v) is 3.23. The molecule has 3 nitrogen and oxygen atoms in total. The van der Waals surface area contributed by atoms with Crippen LogP contribution >= 0.6 is 11.3 Å². The maximum Gasteiger partial charge on any atom is 0.131 e. The largest absolute Gasteiger partial charge is 0.487 e. The number of hydrogen-bond acceptors (Lipinski definition) is 4. The Kier molecular flexibility index (Phi) is 3.76. The van der Waals surface area contributed by atoms with Crippen molar-refractivity contribution < 1.29 is 9.84 Å². The fourth-order valence-electron chi connectivity index (χ4n) is 1.58. The van der Waals surface area contributed by atoms with E-state index in [2.05, 4.69) is 4.98 Å². The van der Waals surface area contributed by atoms with Crippen LogP contribution in [-0.2, 0) is 6.61 Å². The number of ether oxygens (including phenoxy) is 1. The fourth-order valence-corrected chi connectivity index (χ4v) is 2.18. The van der Waals surface area contributed by atoms with E-state index in [1.807, 2.05) is 36.6 Å². The molecule has 90 valence electrons. The highest BCUT2D eigenvalue weighted by Gasteiger charge is 2.08. The van der Waals surface area contributed by atoms with Crippen LogP contribution in [0.1, 0.15) is 29.3 Å². The molecule has 1 aromatic carbocycles. The third-order valence-electron chi connectivity index (χ3n) is 2.41. The molecule has 0 unspecified atom stereocenters. The van der Waals surface area contributed by atoms with Crippen LogP contribution in [0, 0.1) is 6.92 Å². The maximum atomic E-state index is 9.61. The zero-order chi connectivity index (χ0) is 12.3. The first-order valence-corrected chi connectivity index (χ1v) is 6.35.